The first-order valence-corrected chi connectivity index (χ1v) is 5.73. The van der Waals surface area contributed by atoms with Crippen molar-refractivity contribution in [3.8, 4) is 11.5 Å². The molecule has 2 heterocycles. The molecule has 0 spiro atoms. The maximum Gasteiger partial charge on any atom is 0.258 e. The van der Waals surface area contributed by atoms with Crippen molar-refractivity contribution < 1.29 is 4.52 Å². The van der Waals surface area contributed by atoms with E-state index in [0.29, 0.717) is 23.7 Å². The molecule has 1 aromatic carbocycles. The quantitative estimate of drug-likeness (QED) is 0.746. The fourth-order valence-electron chi connectivity index (χ4n) is 1.89. The number of hydrogen-bond acceptors (Lipinski definition) is 4. The minimum Gasteiger partial charge on any atom is -0.334 e. The average molecular weight is 241 g/mol. The zero-order chi connectivity index (χ0) is 12.5. The van der Waals surface area contributed by atoms with E-state index in [2.05, 4.69) is 15.1 Å². The summed E-state index contributed by atoms with van der Waals surface area (Å²) in [4.78, 5) is 18.6. The van der Waals surface area contributed by atoms with Gasteiger partial charge in [0, 0.05) is 23.4 Å². The van der Waals surface area contributed by atoms with E-state index >= 15 is 0 Å². The Morgan fingerprint density at radius 3 is 2.94 bits per heavy atom. The van der Waals surface area contributed by atoms with Gasteiger partial charge in [-0.3, -0.25) is 4.79 Å². The highest BCUT2D eigenvalue weighted by atomic mass is 16.5. The van der Waals surface area contributed by atoms with Crippen LogP contribution in [-0.2, 0) is 6.42 Å². The van der Waals surface area contributed by atoms with Gasteiger partial charge in [-0.05, 0) is 6.07 Å². The SMILES string of the molecule is CCc1noc(-c2cc(=O)[nH]c3ccccc23)n1. The Bertz CT molecular complexity index is 758. The lowest BCUT2D eigenvalue weighted by Crippen LogP contribution is -2.04. The molecule has 0 fully saturated rings. The summed E-state index contributed by atoms with van der Waals surface area (Å²) in [5, 5.41) is 4.74. The summed E-state index contributed by atoms with van der Waals surface area (Å²) < 4.78 is 5.19. The van der Waals surface area contributed by atoms with Gasteiger partial charge in [-0.15, -0.1) is 0 Å². The van der Waals surface area contributed by atoms with Crippen molar-refractivity contribution in [3.05, 3.63) is 46.5 Å². The van der Waals surface area contributed by atoms with Gasteiger partial charge in [-0.2, -0.15) is 4.98 Å². The van der Waals surface area contributed by atoms with E-state index < -0.39 is 0 Å². The number of aromatic amines is 1. The lowest BCUT2D eigenvalue weighted by atomic mass is 10.1. The van der Waals surface area contributed by atoms with Crippen LogP contribution in [0.1, 0.15) is 12.7 Å². The number of aromatic nitrogens is 3. The van der Waals surface area contributed by atoms with E-state index in [1.165, 1.54) is 6.07 Å². The van der Waals surface area contributed by atoms with Crippen molar-refractivity contribution in [2.45, 2.75) is 13.3 Å². The van der Waals surface area contributed by atoms with Crippen molar-refractivity contribution in [1.29, 1.82) is 0 Å². The maximum atomic E-state index is 11.6. The van der Waals surface area contributed by atoms with Gasteiger partial charge in [0.25, 0.3) is 5.89 Å². The van der Waals surface area contributed by atoms with Gasteiger partial charge in [0.1, 0.15) is 0 Å². The molecule has 90 valence electrons. The van der Waals surface area contributed by atoms with E-state index in [4.69, 9.17) is 4.52 Å². The fraction of sp³-hybridized carbons (Fsp3) is 0.154. The van der Waals surface area contributed by atoms with E-state index in [0.717, 1.165) is 10.9 Å². The van der Waals surface area contributed by atoms with Crippen LogP contribution in [0.25, 0.3) is 22.4 Å². The second kappa shape index (κ2) is 4.10. The molecule has 0 amide bonds. The van der Waals surface area contributed by atoms with Gasteiger partial charge < -0.3 is 9.51 Å². The summed E-state index contributed by atoms with van der Waals surface area (Å²) in [6.45, 7) is 1.95. The topological polar surface area (TPSA) is 71.8 Å². The van der Waals surface area contributed by atoms with Crippen LogP contribution in [-0.4, -0.2) is 15.1 Å². The van der Waals surface area contributed by atoms with Crippen molar-refractivity contribution in [2.75, 3.05) is 0 Å². The second-order valence-electron chi connectivity index (χ2n) is 3.96. The molecule has 0 atom stereocenters. The largest absolute Gasteiger partial charge is 0.334 e. The molecule has 3 aromatic rings. The van der Waals surface area contributed by atoms with Crippen LogP contribution < -0.4 is 5.56 Å². The van der Waals surface area contributed by atoms with E-state index in [9.17, 15) is 4.79 Å². The van der Waals surface area contributed by atoms with Crippen molar-refractivity contribution in [2.24, 2.45) is 0 Å². The van der Waals surface area contributed by atoms with Crippen LogP contribution in [0.4, 0.5) is 0 Å². The van der Waals surface area contributed by atoms with Gasteiger partial charge in [0.15, 0.2) is 5.82 Å². The standard InChI is InChI=1S/C13H11N3O2/c1-2-11-15-13(18-16-11)9-7-12(17)14-10-6-4-3-5-8(9)10/h3-7H,2H2,1H3,(H,14,17). The van der Waals surface area contributed by atoms with Gasteiger partial charge in [-0.1, -0.05) is 30.3 Å². The summed E-state index contributed by atoms with van der Waals surface area (Å²) in [6, 6.07) is 9.01. The molecule has 5 heteroatoms. The Morgan fingerprint density at radius 1 is 1.33 bits per heavy atom. The average Bonchev–Trinajstić information content (AvgIpc) is 2.86. The molecule has 3 rings (SSSR count). The predicted octanol–water partition coefficient (Wildman–Crippen LogP) is 2.14. The number of H-pyrrole nitrogens is 1. The molecule has 0 saturated heterocycles. The Balaban J connectivity index is 2.30. The molecular formula is C13H11N3O2. The molecule has 1 N–H and O–H groups in total. The minimum atomic E-state index is -0.181. The van der Waals surface area contributed by atoms with Crippen molar-refractivity contribution in [1.82, 2.24) is 15.1 Å². The van der Waals surface area contributed by atoms with Crippen LogP contribution in [0.5, 0.6) is 0 Å². The highest BCUT2D eigenvalue weighted by Crippen LogP contribution is 2.24. The molecule has 0 aliphatic heterocycles. The first kappa shape index (κ1) is 10.7. The molecule has 2 aromatic heterocycles. The smallest absolute Gasteiger partial charge is 0.258 e. The van der Waals surface area contributed by atoms with Crippen LogP contribution in [0.2, 0.25) is 0 Å². The molecule has 5 nitrogen and oxygen atoms in total. The van der Waals surface area contributed by atoms with E-state index in [1.54, 1.807) is 0 Å². The second-order valence-corrected chi connectivity index (χ2v) is 3.96. The highest BCUT2D eigenvalue weighted by Gasteiger charge is 2.12. The summed E-state index contributed by atoms with van der Waals surface area (Å²) in [6.07, 6.45) is 0.699. The Hall–Kier alpha value is -2.43. The van der Waals surface area contributed by atoms with Gasteiger partial charge in [0.05, 0.1) is 5.56 Å². The molecule has 0 radical (unpaired) electrons. The maximum absolute atomic E-state index is 11.6. The molecule has 0 aliphatic carbocycles. The third-order valence-corrected chi connectivity index (χ3v) is 2.77. The lowest BCUT2D eigenvalue weighted by Gasteiger charge is -2.01. The van der Waals surface area contributed by atoms with Gasteiger partial charge in [-0.25, -0.2) is 0 Å². The number of fused-ring (bicyclic) bond motifs is 1. The zero-order valence-corrected chi connectivity index (χ0v) is 9.80. The lowest BCUT2D eigenvalue weighted by molar-refractivity contribution is 0.423. The van der Waals surface area contributed by atoms with Crippen LogP contribution in [0, 0.1) is 0 Å². The Kier molecular flexibility index (Phi) is 2.44. The van der Waals surface area contributed by atoms with Crippen molar-refractivity contribution >= 4 is 10.9 Å². The monoisotopic (exact) mass is 241 g/mol. The van der Waals surface area contributed by atoms with Gasteiger partial charge >= 0.3 is 0 Å². The summed E-state index contributed by atoms with van der Waals surface area (Å²) in [5.41, 5.74) is 1.25. The first-order valence-electron chi connectivity index (χ1n) is 5.73. The molecule has 0 unspecified atom stereocenters. The molecule has 0 saturated carbocycles. The highest BCUT2D eigenvalue weighted by molar-refractivity contribution is 5.91. The minimum absolute atomic E-state index is 0.181. The van der Waals surface area contributed by atoms with E-state index in [-0.39, 0.29) is 5.56 Å². The number of pyridine rings is 1. The van der Waals surface area contributed by atoms with Gasteiger partial charge in [0.2, 0.25) is 5.56 Å². The molecule has 0 aliphatic rings. The number of nitrogens with one attached hydrogen (secondary N) is 1. The Morgan fingerprint density at radius 2 is 2.17 bits per heavy atom. The number of benzene rings is 1. The summed E-state index contributed by atoms with van der Waals surface area (Å²) >= 11 is 0. The summed E-state index contributed by atoms with van der Waals surface area (Å²) in [5.74, 6) is 1.02. The van der Waals surface area contributed by atoms with E-state index in [1.807, 2.05) is 31.2 Å². The normalized spacial score (nSPS) is 10.9. The number of rotatable bonds is 2. The molecule has 18 heavy (non-hydrogen) atoms. The number of para-hydroxylation sites is 1. The number of aryl methyl sites for hydroxylation is 1. The van der Waals surface area contributed by atoms with Crippen LogP contribution in [0.3, 0.4) is 0 Å². The van der Waals surface area contributed by atoms with Crippen molar-refractivity contribution in [3.63, 3.8) is 0 Å². The summed E-state index contributed by atoms with van der Waals surface area (Å²) in [7, 11) is 0. The molecular weight excluding hydrogens is 230 g/mol. The third kappa shape index (κ3) is 1.69. The predicted molar refractivity (Wildman–Crippen MR) is 67.2 cm³/mol. The Labute approximate surface area is 102 Å². The number of hydrogen-bond donors (Lipinski definition) is 1. The fourth-order valence-corrected chi connectivity index (χ4v) is 1.89. The van der Waals surface area contributed by atoms with Crippen LogP contribution in [0.15, 0.2) is 39.6 Å². The number of nitrogens with zero attached hydrogens (tertiary/aromatic N) is 2. The third-order valence-electron chi connectivity index (χ3n) is 2.77. The zero-order valence-electron chi connectivity index (χ0n) is 9.80. The van der Waals surface area contributed by atoms with Crippen LogP contribution >= 0.6 is 0 Å². The molecule has 0 bridgehead atoms. The first-order chi connectivity index (χ1) is 8.78.